The van der Waals surface area contributed by atoms with Crippen LogP contribution in [0.15, 0.2) is 84.0 Å². The van der Waals surface area contributed by atoms with Crippen molar-refractivity contribution in [3.63, 3.8) is 0 Å². The number of phenols is 1. The lowest BCUT2D eigenvalue weighted by Gasteiger charge is -2.09. The van der Waals surface area contributed by atoms with Crippen LogP contribution in [0, 0.1) is 0 Å². The van der Waals surface area contributed by atoms with Gasteiger partial charge in [-0.05, 0) is 55.5 Å². The molecule has 3 rings (SSSR count). The Hall–Kier alpha value is -4.13. The molecule has 7 nitrogen and oxygen atoms in total. The van der Waals surface area contributed by atoms with Crippen molar-refractivity contribution < 1.29 is 14.7 Å². The second-order valence-electron chi connectivity index (χ2n) is 6.60. The molecule has 7 heteroatoms. The molecule has 0 atom stereocenters. The number of carbonyl (C=O) groups is 2. The van der Waals surface area contributed by atoms with E-state index in [9.17, 15) is 14.7 Å². The van der Waals surface area contributed by atoms with Crippen LogP contribution in [0.4, 0.5) is 17.1 Å². The minimum atomic E-state index is -0.547. The number of hydrazone groups is 1. The summed E-state index contributed by atoms with van der Waals surface area (Å²) >= 11 is 0. The first-order chi connectivity index (χ1) is 14.5. The number of anilines is 3. The number of phenolic OH excluding ortho intramolecular Hbond substituents is 1. The topological polar surface area (TPSA) is 103 Å². The second kappa shape index (κ2) is 9.88. The summed E-state index contributed by atoms with van der Waals surface area (Å²) in [5.41, 5.74) is 5.43. The Morgan fingerprint density at radius 3 is 2.13 bits per heavy atom. The summed E-state index contributed by atoms with van der Waals surface area (Å²) in [4.78, 5) is 24.2. The summed E-state index contributed by atoms with van der Waals surface area (Å²) in [5, 5.41) is 19.7. The average Bonchev–Trinajstić information content (AvgIpc) is 2.74. The molecule has 0 aliphatic heterocycles. The first-order valence-electron chi connectivity index (χ1n) is 9.35. The summed E-state index contributed by atoms with van der Waals surface area (Å²) < 4.78 is 0. The Morgan fingerprint density at radius 1 is 0.833 bits per heavy atom. The zero-order chi connectivity index (χ0) is 21.3. The molecule has 2 amide bonds. The van der Waals surface area contributed by atoms with Gasteiger partial charge in [0, 0.05) is 22.8 Å². The Bertz CT molecular complexity index is 1050. The van der Waals surface area contributed by atoms with Crippen molar-refractivity contribution in [1.29, 1.82) is 0 Å². The third kappa shape index (κ3) is 5.93. The Morgan fingerprint density at radius 2 is 1.43 bits per heavy atom. The fraction of sp³-hybridized carbons (Fsp3) is 0.0870. The highest BCUT2D eigenvalue weighted by Gasteiger charge is 2.10. The summed E-state index contributed by atoms with van der Waals surface area (Å²) in [6, 6.07) is 23.3. The SMILES string of the molecule is CC(CC(=O)Nc1ccc(Nc2ccccc2)cc1)=NNC(=O)c1ccccc1O. The fourth-order valence-corrected chi connectivity index (χ4v) is 2.67. The number of nitrogens with one attached hydrogen (secondary N) is 3. The Labute approximate surface area is 174 Å². The van der Waals surface area contributed by atoms with E-state index >= 15 is 0 Å². The number of amides is 2. The molecule has 3 aromatic rings. The molecule has 0 fully saturated rings. The van der Waals surface area contributed by atoms with E-state index in [2.05, 4.69) is 21.2 Å². The molecule has 0 bridgehead atoms. The van der Waals surface area contributed by atoms with Gasteiger partial charge in [-0.2, -0.15) is 5.10 Å². The van der Waals surface area contributed by atoms with E-state index in [0.717, 1.165) is 11.4 Å². The first kappa shape index (κ1) is 20.6. The van der Waals surface area contributed by atoms with Crippen LogP contribution in [0.5, 0.6) is 5.75 Å². The van der Waals surface area contributed by atoms with Crippen molar-refractivity contribution in [2.45, 2.75) is 13.3 Å². The fourth-order valence-electron chi connectivity index (χ4n) is 2.67. The zero-order valence-electron chi connectivity index (χ0n) is 16.4. The van der Waals surface area contributed by atoms with Gasteiger partial charge in [0.2, 0.25) is 5.91 Å². The van der Waals surface area contributed by atoms with E-state index < -0.39 is 5.91 Å². The van der Waals surface area contributed by atoms with Gasteiger partial charge in [0.15, 0.2) is 0 Å². The molecule has 152 valence electrons. The summed E-state index contributed by atoms with van der Waals surface area (Å²) in [7, 11) is 0. The average molecular weight is 402 g/mol. The van der Waals surface area contributed by atoms with Gasteiger partial charge >= 0.3 is 0 Å². The maximum absolute atomic E-state index is 12.2. The van der Waals surface area contributed by atoms with Crippen LogP contribution in [0.1, 0.15) is 23.7 Å². The quantitative estimate of drug-likeness (QED) is 0.350. The predicted octanol–water partition coefficient (Wildman–Crippen LogP) is 4.27. The molecule has 0 spiro atoms. The zero-order valence-corrected chi connectivity index (χ0v) is 16.4. The van der Waals surface area contributed by atoms with Crippen LogP contribution in [-0.2, 0) is 4.79 Å². The molecule has 0 aliphatic carbocycles. The molecule has 30 heavy (non-hydrogen) atoms. The van der Waals surface area contributed by atoms with Crippen LogP contribution in [0.3, 0.4) is 0 Å². The summed E-state index contributed by atoms with van der Waals surface area (Å²) in [6.45, 7) is 1.64. The molecule has 0 saturated heterocycles. The number of para-hydroxylation sites is 2. The van der Waals surface area contributed by atoms with Gasteiger partial charge in [-0.15, -0.1) is 0 Å². The van der Waals surface area contributed by atoms with Gasteiger partial charge in [0.1, 0.15) is 5.75 Å². The van der Waals surface area contributed by atoms with Gasteiger partial charge in [0.05, 0.1) is 12.0 Å². The second-order valence-corrected chi connectivity index (χ2v) is 6.60. The van der Waals surface area contributed by atoms with E-state index in [-0.39, 0.29) is 23.6 Å². The van der Waals surface area contributed by atoms with Gasteiger partial charge in [-0.1, -0.05) is 30.3 Å². The van der Waals surface area contributed by atoms with Gasteiger partial charge in [0.25, 0.3) is 5.91 Å². The number of nitrogens with zero attached hydrogens (tertiary/aromatic N) is 1. The van der Waals surface area contributed by atoms with Crippen LogP contribution < -0.4 is 16.1 Å². The van der Waals surface area contributed by atoms with Crippen molar-refractivity contribution in [2.24, 2.45) is 5.10 Å². The molecular weight excluding hydrogens is 380 g/mol. The van der Waals surface area contributed by atoms with E-state index in [1.807, 2.05) is 42.5 Å². The standard InChI is InChI=1S/C23H22N4O3/c1-16(26-27-23(30)20-9-5-6-10-21(20)28)15-22(29)25-19-13-11-18(12-14-19)24-17-7-3-2-4-8-17/h2-14,24,28H,15H2,1H3,(H,25,29)(H,27,30). The monoisotopic (exact) mass is 402 g/mol. The van der Waals surface area contributed by atoms with Crippen LogP contribution in [0.2, 0.25) is 0 Å². The number of aromatic hydroxyl groups is 1. The molecule has 0 radical (unpaired) electrons. The lowest BCUT2D eigenvalue weighted by Crippen LogP contribution is -2.21. The van der Waals surface area contributed by atoms with E-state index in [1.54, 1.807) is 31.2 Å². The Kier molecular flexibility index (Phi) is 6.78. The van der Waals surface area contributed by atoms with Crippen molar-refractivity contribution in [3.8, 4) is 5.75 Å². The van der Waals surface area contributed by atoms with Crippen molar-refractivity contribution in [1.82, 2.24) is 5.43 Å². The molecule has 0 heterocycles. The van der Waals surface area contributed by atoms with Crippen LogP contribution >= 0.6 is 0 Å². The van der Waals surface area contributed by atoms with Gasteiger partial charge < -0.3 is 15.7 Å². The van der Waals surface area contributed by atoms with E-state index in [0.29, 0.717) is 11.4 Å². The van der Waals surface area contributed by atoms with Gasteiger partial charge in [-0.25, -0.2) is 5.43 Å². The molecule has 0 aromatic heterocycles. The third-order valence-corrected chi connectivity index (χ3v) is 4.14. The third-order valence-electron chi connectivity index (χ3n) is 4.14. The number of rotatable bonds is 7. The lowest BCUT2D eigenvalue weighted by molar-refractivity contribution is -0.115. The van der Waals surface area contributed by atoms with E-state index in [4.69, 9.17) is 0 Å². The molecule has 3 aromatic carbocycles. The van der Waals surface area contributed by atoms with Crippen LogP contribution in [-0.4, -0.2) is 22.6 Å². The smallest absolute Gasteiger partial charge is 0.275 e. The van der Waals surface area contributed by atoms with Crippen molar-refractivity contribution >= 4 is 34.6 Å². The molecule has 4 N–H and O–H groups in total. The number of benzene rings is 3. The minimum absolute atomic E-state index is 0.0189. The number of hydrogen-bond donors (Lipinski definition) is 4. The Balaban J connectivity index is 1.50. The molecule has 0 saturated carbocycles. The minimum Gasteiger partial charge on any atom is -0.507 e. The highest BCUT2D eigenvalue weighted by atomic mass is 16.3. The van der Waals surface area contributed by atoms with E-state index in [1.165, 1.54) is 12.1 Å². The summed E-state index contributed by atoms with van der Waals surface area (Å²) in [6.07, 6.45) is 0.0189. The largest absolute Gasteiger partial charge is 0.507 e. The first-order valence-corrected chi connectivity index (χ1v) is 9.35. The number of carbonyl (C=O) groups excluding carboxylic acids is 2. The van der Waals surface area contributed by atoms with Crippen molar-refractivity contribution in [3.05, 3.63) is 84.4 Å². The van der Waals surface area contributed by atoms with Gasteiger partial charge in [-0.3, -0.25) is 9.59 Å². The molecular formula is C23H22N4O3. The molecule has 0 unspecified atom stereocenters. The van der Waals surface area contributed by atoms with Crippen LogP contribution in [0.25, 0.3) is 0 Å². The summed E-state index contributed by atoms with van der Waals surface area (Å²) in [5.74, 6) is -0.933. The highest BCUT2D eigenvalue weighted by molar-refractivity contribution is 6.06. The normalized spacial score (nSPS) is 10.9. The maximum atomic E-state index is 12.2. The predicted molar refractivity (Wildman–Crippen MR) is 118 cm³/mol. The number of hydrogen-bond acceptors (Lipinski definition) is 5. The highest BCUT2D eigenvalue weighted by Crippen LogP contribution is 2.19. The lowest BCUT2D eigenvalue weighted by atomic mass is 10.2. The van der Waals surface area contributed by atoms with Crippen molar-refractivity contribution in [2.75, 3.05) is 10.6 Å². The maximum Gasteiger partial charge on any atom is 0.275 e. The molecule has 0 aliphatic rings.